The molecule has 5 heteroatoms. The largest absolute Gasteiger partial charge is 0.309 e. The van der Waals surface area contributed by atoms with Gasteiger partial charge in [-0.15, -0.1) is 0 Å². The van der Waals surface area contributed by atoms with E-state index in [0.717, 1.165) is 66.9 Å². The average Bonchev–Trinajstić information content (AvgIpc) is 3.56. The van der Waals surface area contributed by atoms with Crippen LogP contribution < -0.4 is 4.90 Å². The Bertz CT molecular complexity index is 2620. The first-order valence-corrected chi connectivity index (χ1v) is 18.0. The smallest absolute Gasteiger partial charge is 0.106 e. The number of nitrogens with zero attached hydrogens (tertiary/aromatic N) is 3. The van der Waals surface area contributed by atoms with E-state index in [1.54, 1.807) is 0 Å². The highest BCUT2D eigenvalue weighted by Gasteiger charge is 2.28. The van der Waals surface area contributed by atoms with Crippen molar-refractivity contribution in [3.05, 3.63) is 205 Å². The maximum atomic E-state index is 9.64. The quantitative estimate of drug-likeness (QED) is 0.126. The van der Waals surface area contributed by atoms with Crippen LogP contribution in [0.2, 0.25) is 0 Å². The van der Waals surface area contributed by atoms with Crippen LogP contribution in [0.25, 0.3) is 55.3 Å². The maximum absolute atomic E-state index is 9.64. The molecule has 0 atom stereocenters. The summed E-state index contributed by atoms with van der Waals surface area (Å²) in [5, 5.41) is 12.0. The van der Waals surface area contributed by atoms with Gasteiger partial charge in [0.15, 0.2) is 0 Å². The molecular formula is C48H34N4S. The van der Waals surface area contributed by atoms with Gasteiger partial charge in [0.25, 0.3) is 0 Å². The number of nitrogens with one attached hydrogen (secondary N) is 1. The van der Waals surface area contributed by atoms with Gasteiger partial charge < -0.3 is 9.47 Å². The number of anilines is 2. The Hall–Kier alpha value is -6.69. The highest BCUT2D eigenvalue weighted by atomic mass is 32.1. The number of aromatic nitrogens is 1. The van der Waals surface area contributed by atoms with Gasteiger partial charge in [0.1, 0.15) is 11.4 Å². The zero-order valence-electron chi connectivity index (χ0n) is 28.8. The van der Waals surface area contributed by atoms with Gasteiger partial charge in [-0.3, -0.25) is 5.41 Å². The summed E-state index contributed by atoms with van der Waals surface area (Å²) in [4.78, 5) is 2.13. The Balaban J connectivity index is 1.16. The monoisotopic (exact) mass is 698 g/mol. The number of thiol groups is 1. The van der Waals surface area contributed by atoms with E-state index in [1.165, 1.54) is 5.39 Å². The van der Waals surface area contributed by atoms with E-state index >= 15 is 0 Å². The number of benzene rings is 7. The minimum absolute atomic E-state index is 0.295. The summed E-state index contributed by atoms with van der Waals surface area (Å²) in [6, 6.07) is 63.3. The summed E-state index contributed by atoms with van der Waals surface area (Å²) in [7, 11) is 0. The van der Waals surface area contributed by atoms with Crippen molar-refractivity contribution in [3.8, 4) is 27.9 Å². The van der Waals surface area contributed by atoms with Crippen molar-refractivity contribution in [2.75, 3.05) is 4.90 Å². The molecule has 9 rings (SSSR count). The van der Waals surface area contributed by atoms with E-state index in [-0.39, 0.29) is 0 Å². The summed E-state index contributed by atoms with van der Waals surface area (Å²) in [5.74, 6) is 0. The predicted octanol–water partition coefficient (Wildman–Crippen LogP) is 12.5. The molecule has 0 saturated heterocycles. The molecular weight excluding hydrogens is 665 g/mol. The van der Waals surface area contributed by atoms with Gasteiger partial charge in [-0.25, -0.2) is 4.40 Å². The molecule has 252 valence electrons. The third-order valence-corrected chi connectivity index (χ3v) is 10.2. The second kappa shape index (κ2) is 13.8. The summed E-state index contributed by atoms with van der Waals surface area (Å²) in [6.45, 7) is 0. The highest BCUT2D eigenvalue weighted by Crippen LogP contribution is 2.38. The molecule has 1 N–H and O–H groups in total. The molecule has 1 aromatic heterocycles. The molecule has 0 bridgehead atoms. The van der Waals surface area contributed by atoms with Gasteiger partial charge >= 0.3 is 0 Å². The third kappa shape index (κ3) is 5.87. The van der Waals surface area contributed by atoms with Crippen molar-refractivity contribution < 1.29 is 0 Å². The van der Waals surface area contributed by atoms with Crippen molar-refractivity contribution in [2.45, 2.75) is 0 Å². The number of hydrogen-bond acceptors (Lipinski definition) is 4. The first kappa shape index (κ1) is 32.2. The van der Waals surface area contributed by atoms with E-state index in [2.05, 4.69) is 197 Å². The summed E-state index contributed by atoms with van der Waals surface area (Å²) in [5.41, 5.74) is 13.2. The molecule has 0 unspecified atom stereocenters. The Morgan fingerprint density at radius 2 is 0.962 bits per heavy atom. The molecule has 0 amide bonds. The number of rotatable bonds is 7. The Morgan fingerprint density at radius 1 is 0.472 bits per heavy atom. The molecule has 1 aliphatic carbocycles. The van der Waals surface area contributed by atoms with Crippen LogP contribution in [-0.2, 0) is 0 Å². The number of fused-ring (bicyclic) bond motifs is 3. The van der Waals surface area contributed by atoms with Crippen molar-refractivity contribution in [3.63, 3.8) is 0 Å². The van der Waals surface area contributed by atoms with Crippen LogP contribution in [-0.4, -0.2) is 16.0 Å². The molecule has 8 aromatic rings. The Morgan fingerprint density at radius 3 is 1.55 bits per heavy atom. The molecule has 0 radical (unpaired) electrons. The molecule has 0 fully saturated rings. The lowest BCUT2D eigenvalue weighted by Crippen LogP contribution is -2.30. The maximum Gasteiger partial charge on any atom is 0.106 e. The Labute approximate surface area is 314 Å². The van der Waals surface area contributed by atoms with Gasteiger partial charge in [-0.2, -0.15) is 0 Å². The van der Waals surface area contributed by atoms with Gasteiger partial charge in [-0.05, 0) is 107 Å². The van der Waals surface area contributed by atoms with Crippen LogP contribution in [0.1, 0.15) is 5.56 Å². The fourth-order valence-corrected chi connectivity index (χ4v) is 7.60. The molecule has 0 aliphatic heterocycles. The zero-order chi connectivity index (χ0) is 35.7. The second-order valence-corrected chi connectivity index (χ2v) is 13.2. The predicted molar refractivity (Wildman–Crippen MR) is 227 cm³/mol. The van der Waals surface area contributed by atoms with Crippen molar-refractivity contribution in [2.24, 2.45) is 4.40 Å². The van der Waals surface area contributed by atoms with Crippen LogP contribution in [0.3, 0.4) is 0 Å². The zero-order valence-corrected chi connectivity index (χ0v) is 29.7. The second-order valence-electron chi connectivity index (χ2n) is 13.0. The average molecular weight is 699 g/mol. The van der Waals surface area contributed by atoms with Crippen LogP contribution >= 0.6 is 12.8 Å². The van der Waals surface area contributed by atoms with Crippen molar-refractivity contribution >= 4 is 63.0 Å². The van der Waals surface area contributed by atoms with E-state index in [9.17, 15) is 5.41 Å². The van der Waals surface area contributed by atoms with Crippen LogP contribution in [0.5, 0.6) is 0 Å². The molecule has 0 saturated carbocycles. The van der Waals surface area contributed by atoms with Crippen LogP contribution in [0, 0.1) is 5.41 Å². The number of hydrogen-bond donors (Lipinski definition) is 2. The molecule has 1 aliphatic rings. The topological polar surface area (TPSA) is 44.4 Å². The molecule has 0 spiro atoms. The minimum Gasteiger partial charge on any atom is -0.309 e. The standard InChI is InChI=1S/C48H34N4S/c49-47-46(51(39-25-20-35(21-26-39)33-12-4-1-5-13-33)40-27-22-36(23-28-40)34-14-6-2-7-15-34)31-29-41(48(47)50-53)37-24-30-45-43(32-37)42-18-10-11-19-44(42)52(45)38-16-8-3-9-17-38/h1-32,49,53H. The summed E-state index contributed by atoms with van der Waals surface area (Å²) in [6.07, 6.45) is 4.11. The van der Waals surface area contributed by atoms with Crippen LogP contribution in [0.15, 0.2) is 204 Å². The highest BCUT2D eigenvalue weighted by molar-refractivity contribution is 7.79. The summed E-state index contributed by atoms with van der Waals surface area (Å²) < 4.78 is 6.76. The van der Waals surface area contributed by atoms with E-state index in [1.807, 2.05) is 24.3 Å². The Kier molecular flexibility index (Phi) is 8.39. The lowest BCUT2D eigenvalue weighted by atomic mass is 9.90. The lowest BCUT2D eigenvalue weighted by Gasteiger charge is -2.31. The number of para-hydroxylation sites is 2. The first-order chi connectivity index (χ1) is 26.2. The fraction of sp³-hybridized carbons (Fsp3) is 0. The van der Waals surface area contributed by atoms with Crippen molar-refractivity contribution in [1.29, 1.82) is 5.41 Å². The molecule has 53 heavy (non-hydrogen) atoms. The van der Waals surface area contributed by atoms with Gasteiger partial charge in [0, 0.05) is 33.4 Å². The summed E-state index contributed by atoms with van der Waals surface area (Å²) >= 11 is 4.46. The van der Waals surface area contributed by atoms with Crippen molar-refractivity contribution in [1.82, 2.24) is 4.57 Å². The van der Waals surface area contributed by atoms with Gasteiger partial charge in [0.05, 0.1) is 16.7 Å². The lowest BCUT2D eigenvalue weighted by molar-refractivity contribution is 1.18. The third-order valence-electron chi connectivity index (χ3n) is 9.96. The molecule has 7 aromatic carbocycles. The van der Waals surface area contributed by atoms with E-state index in [0.29, 0.717) is 17.1 Å². The fourth-order valence-electron chi connectivity index (χ4n) is 7.39. The number of allylic oxidation sites excluding steroid dienone is 4. The molecule has 4 nitrogen and oxygen atoms in total. The first-order valence-electron chi connectivity index (χ1n) is 17.6. The van der Waals surface area contributed by atoms with E-state index in [4.69, 9.17) is 0 Å². The van der Waals surface area contributed by atoms with Crippen LogP contribution in [0.4, 0.5) is 11.4 Å². The van der Waals surface area contributed by atoms with E-state index < -0.39 is 0 Å². The normalized spacial score (nSPS) is 13.7. The van der Waals surface area contributed by atoms with Gasteiger partial charge in [-0.1, -0.05) is 127 Å². The minimum atomic E-state index is 0.295. The molecule has 1 heterocycles. The SMILES string of the molecule is N=C1C(N(c2ccc(-c3ccccc3)cc2)c2ccc(-c3ccccc3)cc2)=CC=C(c2ccc3c(c2)c2ccccc2n3-c2ccccc2)C1=NS. The van der Waals surface area contributed by atoms with Gasteiger partial charge in [0.2, 0.25) is 0 Å².